The van der Waals surface area contributed by atoms with Crippen LogP contribution in [0.4, 0.5) is 23.7 Å². The highest BCUT2D eigenvalue weighted by atomic mass is 35.5. The number of halogens is 4. The van der Waals surface area contributed by atoms with E-state index in [1.165, 1.54) is 61.7 Å². The molecule has 1 aromatic carbocycles. The third-order valence-corrected chi connectivity index (χ3v) is 11.7. The monoisotopic (exact) mass is 855 g/mol. The van der Waals surface area contributed by atoms with Crippen LogP contribution in [0.1, 0.15) is 62.2 Å². The topological polar surface area (TPSA) is 161 Å². The minimum Gasteiger partial charge on any atom is -0.444 e. The standard InChI is InChI=1S/C40H49ClF3N11O5/c1-38(2,3)60-37(59)54-22-25(23-54)21-51-13-9-26(10-14-51)33(56)52-15-17-53(18-16-52)34(57)28-8-7-27(19-30(28)41)48-35(58)39(4)47-20-31(50(39)5)29-24-55(36-45-11-6-12-46-36)49-32(29)40(42,43)44/h6-8,11-12,19-20,24-26,47H,9-10,13-18,21-23H2,1-5H3,(H,48,58). The molecular formula is C40H49ClF3N11O5. The maximum absolute atomic E-state index is 14.1. The number of carbonyl (C=O) groups is 4. The van der Waals surface area contributed by atoms with Crippen LogP contribution in [0.25, 0.3) is 11.6 Å². The van der Waals surface area contributed by atoms with Crippen molar-refractivity contribution in [3.05, 3.63) is 70.9 Å². The lowest BCUT2D eigenvalue weighted by Gasteiger charge is -2.43. The van der Waals surface area contributed by atoms with Gasteiger partial charge in [0, 0.05) is 95.2 Å². The molecule has 6 heterocycles. The quantitative estimate of drug-likeness (QED) is 0.331. The molecule has 3 fully saturated rings. The summed E-state index contributed by atoms with van der Waals surface area (Å²) in [6.45, 7) is 12.4. The van der Waals surface area contributed by atoms with E-state index in [0.717, 1.165) is 43.4 Å². The Balaban J connectivity index is 0.883. The summed E-state index contributed by atoms with van der Waals surface area (Å²) >= 11 is 6.59. The second kappa shape index (κ2) is 16.6. The SMILES string of the molecule is CN1C(c2cn(-c3ncccn3)nc2C(F)(F)F)=CNC1(C)C(=O)Nc1ccc(C(=O)N2CCN(C(=O)C3CCN(CC4CN(C(=O)OC(C)(C)C)C4)CC3)CC2)c(Cl)c1. The normalized spacial score (nSPS) is 20.7. The Labute approximate surface area is 350 Å². The molecule has 0 bridgehead atoms. The van der Waals surface area contributed by atoms with E-state index in [9.17, 15) is 32.3 Å². The molecule has 3 aromatic rings. The lowest BCUT2D eigenvalue weighted by molar-refractivity contribution is -0.141. The Kier molecular flexibility index (Phi) is 11.8. The third-order valence-electron chi connectivity index (χ3n) is 11.4. The number of piperazine rings is 1. The smallest absolute Gasteiger partial charge is 0.435 e. The summed E-state index contributed by atoms with van der Waals surface area (Å²) in [6, 6.07) is 6.01. The van der Waals surface area contributed by atoms with Gasteiger partial charge in [0.15, 0.2) is 11.4 Å². The second-order valence-corrected chi connectivity index (χ2v) is 17.2. The number of alkyl halides is 3. The molecule has 7 rings (SSSR count). The molecule has 0 spiro atoms. The number of hydrogen-bond acceptors (Lipinski definition) is 11. The number of rotatable bonds is 8. The number of likely N-dealkylation sites (N-methyl/N-ethyl adjacent to an activating group) is 1. The molecular weight excluding hydrogens is 807 g/mol. The summed E-state index contributed by atoms with van der Waals surface area (Å²) in [5, 5.41) is 9.46. The van der Waals surface area contributed by atoms with Gasteiger partial charge in [-0.25, -0.2) is 19.4 Å². The highest BCUT2D eigenvalue weighted by molar-refractivity contribution is 6.34. The molecule has 322 valence electrons. The first-order chi connectivity index (χ1) is 28.3. The van der Waals surface area contributed by atoms with Crippen LogP contribution in [0.3, 0.4) is 0 Å². The van der Waals surface area contributed by atoms with E-state index >= 15 is 0 Å². The summed E-state index contributed by atoms with van der Waals surface area (Å²) in [7, 11) is 1.48. The van der Waals surface area contributed by atoms with Gasteiger partial charge in [-0.05, 0) is 77.9 Å². The van der Waals surface area contributed by atoms with E-state index in [1.54, 1.807) is 9.80 Å². The van der Waals surface area contributed by atoms with Crippen molar-refractivity contribution in [3.8, 4) is 5.95 Å². The Morgan fingerprint density at radius 2 is 1.62 bits per heavy atom. The first-order valence-electron chi connectivity index (χ1n) is 19.9. The van der Waals surface area contributed by atoms with Crippen molar-refractivity contribution in [3.63, 3.8) is 0 Å². The van der Waals surface area contributed by atoms with Crippen molar-refractivity contribution >= 4 is 46.8 Å². The lowest BCUT2D eigenvalue weighted by atomic mass is 9.93. The maximum Gasteiger partial charge on any atom is 0.435 e. The molecule has 4 aliphatic heterocycles. The van der Waals surface area contributed by atoms with Crippen molar-refractivity contribution in [2.24, 2.45) is 11.8 Å². The average molecular weight is 856 g/mol. The third kappa shape index (κ3) is 9.01. The molecule has 0 saturated carbocycles. The number of nitrogens with one attached hydrogen (secondary N) is 2. The van der Waals surface area contributed by atoms with Gasteiger partial charge in [-0.2, -0.15) is 18.3 Å². The van der Waals surface area contributed by atoms with E-state index in [4.69, 9.17) is 16.3 Å². The molecule has 4 amide bonds. The predicted octanol–water partition coefficient (Wildman–Crippen LogP) is 4.39. The fourth-order valence-corrected chi connectivity index (χ4v) is 8.13. The number of likely N-dealkylation sites (tertiary alicyclic amines) is 2. The van der Waals surface area contributed by atoms with E-state index in [-0.39, 0.29) is 57.3 Å². The van der Waals surface area contributed by atoms with Gasteiger partial charge in [0.05, 0.1) is 21.8 Å². The molecule has 2 N–H and O–H groups in total. The van der Waals surface area contributed by atoms with Crippen LogP contribution >= 0.6 is 11.6 Å². The number of piperidine rings is 1. The fourth-order valence-electron chi connectivity index (χ4n) is 7.87. The Morgan fingerprint density at radius 1 is 0.967 bits per heavy atom. The van der Waals surface area contributed by atoms with E-state index in [1.807, 2.05) is 25.7 Å². The highest BCUT2D eigenvalue weighted by Gasteiger charge is 2.46. The number of benzene rings is 1. The molecule has 1 atom stereocenters. The van der Waals surface area contributed by atoms with Crippen LogP contribution in [0.2, 0.25) is 5.02 Å². The number of hydrogen-bond donors (Lipinski definition) is 2. The zero-order chi connectivity index (χ0) is 43.1. The van der Waals surface area contributed by atoms with Gasteiger partial charge in [-0.1, -0.05) is 11.6 Å². The minimum absolute atomic E-state index is 0.0557. The number of anilines is 1. The highest BCUT2D eigenvalue weighted by Crippen LogP contribution is 2.39. The summed E-state index contributed by atoms with van der Waals surface area (Å²) < 4.78 is 48.8. The molecule has 3 saturated heterocycles. The molecule has 16 nitrogen and oxygen atoms in total. The molecule has 0 aliphatic carbocycles. The van der Waals surface area contributed by atoms with Gasteiger partial charge in [0.2, 0.25) is 11.9 Å². The van der Waals surface area contributed by atoms with Gasteiger partial charge in [-0.15, -0.1) is 0 Å². The molecule has 0 radical (unpaired) electrons. The summed E-state index contributed by atoms with van der Waals surface area (Å²) in [5.41, 5.74) is -2.94. The number of aromatic nitrogens is 4. The zero-order valence-electron chi connectivity index (χ0n) is 34.1. The van der Waals surface area contributed by atoms with Crippen molar-refractivity contribution in [2.75, 3.05) is 71.3 Å². The van der Waals surface area contributed by atoms with E-state index < -0.39 is 29.0 Å². The number of carbonyl (C=O) groups excluding carboxylic acids is 4. The Bertz CT molecular complexity index is 2140. The number of nitrogens with zero attached hydrogens (tertiary/aromatic N) is 9. The lowest BCUT2D eigenvalue weighted by Crippen LogP contribution is -2.56. The second-order valence-electron chi connectivity index (χ2n) is 16.8. The summed E-state index contributed by atoms with van der Waals surface area (Å²) in [5.74, 6) is -0.535. The average Bonchev–Trinajstić information content (AvgIpc) is 3.77. The van der Waals surface area contributed by atoms with Gasteiger partial charge < -0.3 is 39.9 Å². The van der Waals surface area contributed by atoms with Crippen molar-refractivity contribution in [1.82, 2.24) is 49.6 Å². The van der Waals surface area contributed by atoms with Gasteiger partial charge in [-0.3, -0.25) is 14.4 Å². The molecule has 2 aromatic heterocycles. The van der Waals surface area contributed by atoms with Crippen LogP contribution in [0.5, 0.6) is 0 Å². The summed E-state index contributed by atoms with van der Waals surface area (Å²) in [4.78, 5) is 69.9. The van der Waals surface area contributed by atoms with Crippen LogP contribution in [0.15, 0.2) is 49.1 Å². The number of ether oxygens (including phenoxy) is 1. The van der Waals surface area contributed by atoms with Crippen molar-refractivity contribution in [2.45, 2.75) is 58.0 Å². The van der Waals surface area contributed by atoms with Gasteiger partial charge >= 0.3 is 12.3 Å². The van der Waals surface area contributed by atoms with E-state index in [2.05, 4.69) is 30.6 Å². The minimum atomic E-state index is -4.81. The van der Waals surface area contributed by atoms with E-state index in [0.29, 0.717) is 45.2 Å². The van der Waals surface area contributed by atoms with Crippen LogP contribution in [-0.2, 0) is 20.5 Å². The molecule has 60 heavy (non-hydrogen) atoms. The van der Waals surface area contributed by atoms with Crippen LogP contribution < -0.4 is 10.6 Å². The molecule has 20 heteroatoms. The molecule has 4 aliphatic rings. The summed E-state index contributed by atoms with van der Waals surface area (Å²) in [6.07, 6.45) is 1.67. The van der Waals surface area contributed by atoms with Gasteiger partial charge in [0.1, 0.15) is 5.60 Å². The number of amides is 4. The van der Waals surface area contributed by atoms with Crippen molar-refractivity contribution < 1.29 is 37.1 Å². The first-order valence-corrected chi connectivity index (χ1v) is 20.2. The predicted molar refractivity (Wildman–Crippen MR) is 214 cm³/mol. The molecule has 1 unspecified atom stereocenters. The largest absolute Gasteiger partial charge is 0.444 e. The first kappa shape index (κ1) is 42.7. The van der Waals surface area contributed by atoms with Crippen LogP contribution in [0, 0.1) is 11.8 Å². The van der Waals surface area contributed by atoms with Gasteiger partial charge in [0.25, 0.3) is 11.8 Å². The Morgan fingerprint density at radius 3 is 2.23 bits per heavy atom. The maximum atomic E-state index is 14.1. The van der Waals surface area contributed by atoms with Crippen LogP contribution in [-0.4, -0.2) is 145 Å². The zero-order valence-corrected chi connectivity index (χ0v) is 34.9. The Hall–Kier alpha value is -5.43. The van der Waals surface area contributed by atoms with Crippen molar-refractivity contribution in [1.29, 1.82) is 0 Å². The fraction of sp³-hybridized carbons (Fsp3) is 0.525.